The summed E-state index contributed by atoms with van der Waals surface area (Å²) < 4.78 is 27.0. The number of rotatable bonds is 2. The third-order valence-electron chi connectivity index (χ3n) is 4.79. The zero-order chi connectivity index (χ0) is 20.0. The highest BCUT2D eigenvalue weighted by molar-refractivity contribution is 5.96. The highest BCUT2D eigenvalue weighted by Crippen LogP contribution is 2.31. The van der Waals surface area contributed by atoms with Gasteiger partial charge in [-0.2, -0.15) is 4.57 Å². The van der Waals surface area contributed by atoms with Crippen molar-refractivity contribution in [1.82, 2.24) is 0 Å². The molecule has 4 rings (SSSR count). The van der Waals surface area contributed by atoms with E-state index in [2.05, 4.69) is 30.3 Å². The van der Waals surface area contributed by atoms with Gasteiger partial charge in [0.2, 0.25) is 5.69 Å². The highest BCUT2D eigenvalue weighted by Gasteiger charge is 2.19. The Kier molecular flexibility index (Phi) is 3.07. The molecule has 25 heavy (non-hydrogen) atoms. The van der Waals surface area contributed by atoms with Crippen molar-refractivity contribution in [1.29, 1.82) is 0 Å². The number of aromatic nitrogens is 1. The fraction of sp³-hybridized carbons (Fsp3) is 0.125. The molecule has 0 fully saturated rings. The van der Waals surface area contributed by atoms with Crippen LogP contribution in [0.3, 0.4) is 0 Å². The van der Waals surface area contributed by atoms with Crippen LogP contribution in [0.25, 0.3) is 33.2 Å². The van der Waals surface area contributed by atoms with Crippen molar-refractivity contribution in [3.8, 4) is 22.4 Å². The van der Waals surface area contributed by atoms with Gasteiger partial charge in [-0.1, -0.05) is 54.5 Å². The van der Waals surface area contributed by atoms with Gasteiger partial charge in [0.25, 0.3) is 0 Å². The normalized spacial score (nSPS) is 12.7. The molecular formula is C24H22N+. The standard InChI is InChI=1S/C24H22N/c1-17-9-7-8-12-22(17)24-23-14-13-20(19-10-5-4-6-11-19)16-21(23)15-18(2)25(24)3/h4-16H,1-3H3/q+1/i8D,9D,15D. The average molecular weight is 327 g/mol. The molecule has 0 aliphatic heterocycles. The van der Waals surface area contributed by atoms with Crippen molar-refractivity contribution in [2.45, 2.75) is 13.8 Å². The molecule has 0 unspecified atom stereocenters. The average Bonchev–Trinajstić information content (AvgIpc) is 2.70. The van der Waals surface area contributed by atoms with Crippen LogP contribution in [0, 0.1) is 13.8 Å². The molecule has 1 aromatic heterocycles. The number of benzene rings is 3. The molecule has 0 radical (unpaired) electrons. The summed E-state index contributed by atoms with van der Waals surface area (Å²) in [5.41, 5.74) is 5.72. The van der Waals surface area contributed by atoms with Gasteiger partial charge in [0.1, 0.15) is 7.05 Å². The van der Waals surface area contributed by atoms with Gasteiger partial charge in [0.15, 0.2) is 5.69 Å². The third kappa shape index (κ3) is 2.72. The van der Waals surface area contributed by atoms with Crippen molar-refractivity contribution >= 4 is 10.8 Å². The van der Waals surface area contributed by atoms with Gasteiger partial charge >= 0.3 is 0 Å². The second-order valence-electron chi connectivity index (χ2n) is 6.38. The van der Waals surface area contributed by atoms with E-state index in [1.165, 1.54) is 0 Å². The van der Waals surface area contributed by atoms with Crippen molar-refractivity contribution in [2.75, 3.05) is 0 Å². The van der Waals surface area contributed by atoms with E-state index in [0.717, 1.165) is 44.4 Å². The Morgan fingerprint density at radius 2 is 1.68 bits per heavy atom. The zero-order valence-electron chi connectivity index (χ0n) is 17.7. The van der Waals surface area contributed by atoms with E-state index in [4.69, 9.17) is 4.11 Å². The monoisotopic (exact) mass is 327 g/mol. The molecule has 1 heteroatoms. The Morgan fingerprint density at radius 1 is 0.880 bits per heavy atom. The van der Waals surface area contributed by atoms with Crippen LogP contribution < -0.4 is 4.57 Å². The number of hydrogen-bond donors (Lipinski definition) is 0. The van der Waals surface area contributed by atoms with Crippen LogP contribution >= 0.6 is 0 Å². The lowest BCUT2D eigenvalue weighted by Gasteiger charge is -2.11. The number of fused-ring (bicyclic) bond motifs is 1. The van der Waals surface area contributed by atoms with Crippen LogP contribution in [0.1, 0.15) is 15.4 Å². The van der Waals surface area contributed by atoms with Crippen molar-refractivity contribution in [3.05, 3.63) is 90.0 Å². The Balaban J connectivity index is 2.08. The summed E-state index contributed by atoms with van der Waals surface area (Å²) in [6, 6.07) is 21.0. The first-order valence-electron chi connectivity index (χ1n) is 9.95. The molecular weight excluding hydrogens is 302 g/mol. The van der Waals surface area contributed by atoms with Crippen molar-refractivity contribution < 1.29 is 8.68 Å². The predicted molar refractivity (Wildman–Crippen MR) is 105 cm³/mol. The predicted octanol–water partition coefficient (Wildman–Crippen LogP) is 5.62. The SMILES string of the molecule is [2H]c1cc([2H])c(C)c(-c2c3ccc(-c4ccccc4)cc3c([2H])c(C)[n+]2C)c1. The van der Waals surface area contributed by atoms with E-state index < -0.39 is 0 Å². The Bertz CT molecular complexity index is 1210. The molecule has 0 aliphatic rings. The van der Waals surface area contributed by atoms with Crippen molar-refractivity contribution in [3.63, 3.8) is 0 Å². The van der Waals surface area contributed by atoms with Crippen molar-refractivity contribution in [2.24, 2.45) is 7.05 Å². The van der Waals surface area contributed by atoms with E-state index >= 15 is 0 Å². The summed E-state index contributed by atoms with van der Waals surface area (Å²) in [5.74, 6) is 0. The molecule has 0 bridgehead atoms. The first-order chi connectivity index (χ1) is 13.4. The Morgan fingerprint density at radius 3 is 2.48 bits per heavy atom. The van der Waals surface area contributed by atoms with Crippen LogP contribution in [0.5, 0.6) is 0 Å². The second kappa shape index (κ2) is 6.18. The summed E-state index contributed by atoms with van der Waals surface area (Å²) in [5, 5.41) is 1.85. The maximum atomic E-state index is 8.69. The van der Waals surface area contributed by atoms with Gasteiger partial charge < -0.3 is 0 Å². The summed E-state index contributed by atoms with van der Waals surface area (Å²) in [6.07, 6.45) is 0. The smallest absolute Gasteiger partial charge is 0.198 e. The molecule has 0 saturated heterocycles. The molecule has 122 valence electrons. The van der Waals surface area contributed by atoms with Gasteiger partial charge in [-0.15, -0.1) is 0 Å². The van der Waals surface area contributed by atoms with E-state index in [0.29, 0.717) is 18.1 Å². The van der Waals surface area contributed by atoms with Gasteiger partial charge in [0, 0.05) is 18.5 Å². The highest BCUT2D eigenvalue weighted by atomic mass is 14.9. The van der Waals surface area contributed by atoms with Crippen LogP contribution in [0.15, 0.2) is 78.8 Å². The minimum Gasteiger partial charge on any atom is -0.198 e. The third-order valence-corrected chi connectivity index (χ3v) is 4.79. The summed E-state index contributed by atoms with van der Waals surface area (Å²) >= 11 is 0. The first kappa shape index (κ1) is 12.4. The van der Waals surface area contributed by atoms with Gasteiger partial charge in [-0.05, 0) is 47.2 Å². The van der Waals surface area contributed by atoms with Crippen LogP contribution in [0.4, 0.5) is 0 Å². The topological polar surface area (TPSA) is 3.88 Å². The molecule has 0 atom stereocenters. The fourth-order valence-corrected chi connectivity index (χ4v) is 3.32. The lowest BCUT2D eigenvalue weighted by Crippen LogP contribution is -2.35. The van der Waals surface area contributed by atoms with Crippen LogP contribution in [-0.4, -0.2) is 0 Å². The molecule has 3 aromatic carbocycles. The largest absolute Gasteiger partial charge is 0.220 e. The van der Waals surface area contributed by atoms with Gasteiger partial charge in [0.05, 0.1) is 9.50 Å². The van der Waals surface area contributed by atoms with E-state index in [9.17, 15) is 0 Å². The van der Waals surface area contributed by atoms with Gasteiger partial charge in [-0.3, -0.25) is 0 Å². The minimum atomic E-state index is 0.326. The second-order valence-corrected chi connectivity index (χ2v) is 6.38. The van der Waals surface area contributed by atoms with Crippen LogP contribution in [0.2, 0.25) is 0 Å². The van der Waals surface area contributed by atoms with Crippen LogP contribution in [-0.2, 0) is 7.05 Å². The van der Waals surface area contributed by atoms with E-state index in [-0.39, 0.29) is 0 Å². The van der Waals surface area contributed by atoms with E-state index in [1.54, 1.807) is 6.07 Å². The number of nitrogens with zero attached hydrogens (tertiary/aromatic N) is 1. The first-order valence-corrected chi connectivity index (χ1v) is 8.45. The summed E-state index contributed by atoms with van der Waals surface area (Å²) in [4.78, 5) is 0. The molecule has 1 nitrogen and oxygen atoms in total. The lowest BCUT2D eigenvalue weighted by molar-refractivity contribution is -0.665. The maximum absolute atomic E-state index is 8.69. The zero-order valence-corrected chi connectivity index (χ0v) is 14.7. The van der Waals surface area contributed by atoms with E-state index in [1.807, 2.05) is 49.7 Å². The molecule has 0 aliphatic carbocycles. The Hall–Kier alpha value is -2.93. The molecule has 0 spiro atoms. The number of pyridine rings is 1. The minimum absolute atomic E-state index is 0.326. The molecule has 0 amide bonds. The lowest BCUT2D eigenvalue weighted by atomic mass is 9.96. The molecule has 1 heterocycles. The quantitative estimate of drug-likeness (QED) is 0.421. The molecule has 0 N–H and O–H groups in total. The fourth-order valence-electron chi connectivity index (χ4n) is 3.32. The maximum Gasteiger partial charge on any atom is 0.220 e. The summed E-state index contributed by atoms with van der Waals surface area (Å²) in [6.45, 7) is 3.87. The Labute approximate surface area is 153 Å². The molecule has 4 aromatic rings. The number of hydrogen-bond acceptors (Lipinski definition) is 0. The molecule has 0 saturated carbocycles. The van der Waals surface area contributed by atoms with Gasteiger partial charge in [-0.25, -0.2) is 0 Å². The summed E-state index contributed by atoms with van der Waals surface area (Å²) in [7, 11) is 1.95.